The van der Waals surface area contributed by atoms with Crippen LogP contribution in [0, 0.1) is 11.6 Å². The Labute approximate surface area is 209 Å². The van der Waals surface area contributed by atoms with E-state index in [0.717, 1.165) is 30.5 Å². The van der Waals surface area contributed by atoms with Gasteiger partial charge in [-0.25, -0.2) is 8.78 Å². The van der Waals surface area contributed by atoms with Crippen molar-refractivity contribution < 1.29 is 23.2 Å². The lowest BCUT2D eigenvalue weighted by molar-refractivity contribution is -0.149. The van der Waals surface area contributed by atoms with Gasteiger partial charge in [-0.2, -0.15) is 0 Å². The number of aryl methyl sites for hydroxylation is 1. The van der Waals surface area contributed by atoms with Gasteiger partial charge in [-0.05, 0) is 56.2 Å². The molecule has 0 radical (unpaired) electrons. The lowest BCUT2D eigenvalue weighted by Crippen LogP contribution is -2.64. The fourth-order valence-electron chi connectivity index (χ4n) is 5.00. The molecule has 1 saturated heterocycles. The largest absolute Gasteiger partial charge is 0.350 e. The van der Waals surface area contributed by atoms with E-state index in [1.807, 2.05) is 30.3 Å². The molecule has 0 bridgehead atoms. The van der Waals surface area contributed by atoms with Crippen LogP contribution >= 0.6 is 0 Å². The highest BCUT2D eigenvalue weighted by Gasteiger charge is 2.41. The summed E-state index contributed by atoms with van der Waals surface area (Å²) in [5.74, 6) is -3.18. The summed E-state index contributed by atoms with van der Waals surface area (Å²) in [4.78, 5) is 42.9. The normalized spacial score (nSPS) is 22.2. The minimum atomic E-state index is -1.20. The molecule has 36 heavy (non-hydrogen) atoms. The van der Waals surface area contributed by atoms with E-state index in [-0.39, 0.29) is 36.5 Å². The molecule has 192 valence electrons. The lowest BCUT2D eigenvalue weighted by Gasteiger charge is -2.43. The molecule has 9 heteroatoms. The Kier molecular flexibility index (Phi) is 8.30. The summed E-state index contributed by atoms with van der Waals surface area (Å²) in [5, 5.41) is 3.00. The van der Waals surface area contributed by atoms with Gasteiger partial charge in [0.25, 0.3) is 11.8 Å². The predicted octanol–water partition coefficient (Wildman–Crippen LogP) is 2.98. The van der Waals surface area contributed by atoms with Crippen LogP contribution in [0.3, 0.4) is 0 Å². The molecule has 1 heterocycles. The van der Waals surface area contributed by atoms with Gasteiger partial charge < -0.3 is 20.9 Å². The summed E-state index contributed by atoms with van der Waals surface area (Å²) in [6, 6.07) is 12.1. The van der Waals surface area contributed by atoms with Crippen molar-refractivity contribution in [1.82, 2.24) is 15.1 Å². The molecule has 2 fully saturated rings. The number of rotatable bonds is 6. The Morgan fingerprint density at radius 3 is 2.22 bits per heavy atom. The Morgan fingerprint density at radius 2 is 1.56 bits per heavy atom. The standard InChI is InChI=1S/C27H32F2N4O3/c28-20-15-19(16-21(29)17-20)27(36)33-14-4-13-32(24(34)12-7-18-5-2-1-3-6-18)26(33)25(35)31-23-10-8-22(30)9-11-23/h1-3,5-6,15-17,22-23,26H,4,7-14,30H2,(H,31,35). The third-order valence-corrected chi connectivity index (χ3v) is 6.90. The van der Waals surface area contributed by atoms with Gasteiger partial charge in [0.15, 0.2) is 6.17 Å². The zero-order chi connectivity index (χ0) is 25.7. The monoisotopic (exact) mass is 498 g/mol. The van der Waals surface area contributed by atoms with Crippen molar-refractivity contribution in [2.24, 2.45) is 5.73 Å². The number of amides is 3. The van der Waals surface area contributed by atoms with E-state index in [0.29, 0.717) is 38.3 Å². The number of nitrogens with two attached hydrogens (primary N) is 1. The van der Waals surface area contributed by atoms with Crippen molar-refractivity contribution in [1.29, 1.82) is 0 Å². The molecule has 2 aliphatic rings. The summed E-state index contributed by atoms with van der Waals surface area (Å²) in [5.41, 5.74) is 6.77. The first kappa shape index (κ1) is 25.8. The molecule has 1 saturated carbocycles. The molecule has 1 aliphatic carbocycles. The summed E-state index contributed by atoms with van der Waals surface area (Å²) in [6.45, 7) is 0.496. The maximum atomic E-state index is 13.9. The number of carbonyl (C=O) groups excluding carboxylic acids is 3. The molecular formula is C27H32F2N4O3. The average Bonchev–Trinajstić information content (AvgIpc) is 2.87. The quantitative estimate of drug-likeness (QED) is 0.640. The van der Waals surface area contributed by atoms with Gasteiger partial charge in [-0.15, -0.1) is 0 Å². The highest BCUT2D eigenvalue weighted by molar-refractivity contribution is 5.99. The molecular weight excluding hydrogens is 466 g/mol. The first-order chi connectivity index (χ1) is 17.3. The van der Waals surface area contributed by atoms with Gasteiger partial charge in [0.05, 0.1) is 0 Å². The van der Waals surface area contributed by atoms with Crippen molar-refractivity contribution in [2.45, 2.75) is 63.2 Å². The van der Waals surface area contributed by atoms with Crippen LogP contribution in [0.1, 0.15) is 54.4 Å². The molecule has 4 rings (SSSR count). The maximum Gasteiger partial charge on any atom is 0.264 e. The van der Waals surface area contributed by atoms with Crippen LogP contribution in [0.5, 0.6) is 0 Å². The highest BCUT2D eigenvalue weighted by atomic mass is 19.1. The Morgan fingerprint density at radius 1 is 0.917 bits per heavy atom. The highest BCUT2D eigenvalue weighted by Crippen LogP contribution is 2.23. The van der Waals surface area contributed by atoms with E-state index in [9.17, 15) is 23.2 Å². The molecule has 1 aliphatic heterocycles. The third kappa shape index (κ3) is 6.26. The summed E-state index contributed by atoms with van der Waals surface area (Å²) in [7, 11) is 0. The summed E-state index contributed by atoms with van der Waals surface area (Å²) < 4.78 is 27.7. The number of nitrogens with zero attached hydrogens (tertiary/aromatic N) is 2. The second-order valence-corrected chi connectivity index (χ2v) is 9.58. The zero-order valence-corrected chi connectivity index (χ0v) is 20.2. The minimum Gasteiger partial charge on any atom is -0.350 e. The number of benzene rings is 2. The molecule has 3 amide bonds. The van der Waals surface area contributed by atoms with Gasteiger partial charge >= 0.3 is 0 Å². The topological polar surface area (TPSA) is 95.7 Å². The number of carbonyl (C=O) groups is 3. The van der Waals surface area contributed by atoms with Gasteiger partial charge in [0, 0.05) is 43.2 Å². The zero-order valence-electron chi connectivity index (χ0n) is 20.2. The smallest absolute Gasteiger partial charge is 0.264 e. The van der Waals surface area contributed by atoms with Crippen molar-refractivity contribution in [3.63, 3.8) is 0 Å². The second kappa shape index (κ2) is 11.6. The maximum absolute atomic E-state index is 13.9. The fraction of sp³-hybridized carbons (Fsp3) is 0.444. The lowest BCUT2D eigenvalue weighted by atomic mass is 9.91. The second-order valence-electron chi connectivity index (χ2n) is 9.58. The number of nitrogens with one attached hydrogen (secondary N) is 1. The SMILES string of the molecule is NC1CCC(NC(=O)C2N(C(=O)CCc3ccccc3)CCCN2C(=O)c2cc(F)cc(F)c2)CC1. The van der Waals surface area contributed by atoms with Crippen molar-refractivity contribution in [3.05, 3.63) is 71.3 Å². The fourth-order valence-corrected chi connectivity index (χ4v) is 5.00. The summed E-state index contributed by atoms with van der Waals surface area (Å²) in [6.07, 6.45) is 2.90. The molecule has 3 N–H and O–H groups in total. The van der Waals surface area contributed by atoms with E-state index in [1.54, 1.807) is 0 Å². The van der Waals surface area contributed by atoms with Crippen molar-refractivity contribution >= 4 is 17.7 Å². The van der Waals surface area contributed by atoms with Crippen LogP contribution < -0.4 is 11.1 Å². The van der Waals surface area contributed by atoms with Crippen LogP contribution in [0.4, 0.5) is 8.78 Å². The van der Waals surface area contributed by atoms with E-state index in [1.165, 1.54) is 9.80 Å². The molecule has 2 aromatic carbocycles. The average molecular weight is 499 g/mol. The van der Waals surface area contributed by atoms with E-state index in [4.69, 9.17) is 5.73 Å². The van der Waals surface area contributed by atoms with E-state index in [2.05, 4.69) is 5.32 Å². The van der Waals surface area contributed by atoms with Crippen molar-refractivity contribution in [3.8, 4) is 0 Å². The predicted molar refractivity (Wildman–Crippen MR) is 131 cm³/mol. The van der Waals surface area contributed by atoms with Gasteiger partial charge in [0.1, 0.15) is 11.6 Å². The van der Waals surface area contributed by atoms with Gasteiger partial charge in [-0.1, -0.05) is 30.3 Å². The molecule has 0 spiro atoms. The number of halogens is 2. The van der Waals surface area contributed by atoms with Gasteiger partial charge in [0.2, 0.25) is 5.91 Å². The van der Waals surface area contributed by atoms with Crippen LogP contribution in [0.25, 0.3) is 0 Å². The molecule has 1 unspecified atom stereocenters. The first-order valence-electron chi connectivity index (χ1n) is 12.5. The Balaban J connectivity index is 1.56. The van der Waals surface area contributed by atoms with Crippen LogP contribution in [0.15, 0.2) is 48.5 Å². The number of hydrogen-bond donors (Lipinski definition) is 2. The minimum absolute atomic E-state index is 0.102. The summed E-state index contributed by atoms with van der Waals surface area (Å²) >= 11 is 0. The molecule has 1 atom stereocenters. The Hall–Kier alpha value is -3.33. The van der Waals surface area contributed by atoms with Gasteiger partial charge in [-0.3, -0.25) is 14.4 Å². The Bertz CT molecular complexity index is 1070. The molecule has 2 aromatic rings. The molecule has 7 nitrogen and oxygen atoms in total. The first-order valence-corrected chi connectivity index (χ1v) is 12.5. The van der Waals surface area contributed by atoms with E-state index < -0.39 is 29.6 Å². The van der Waals surface area contributed by atoms with E-state index >= 15 is 0 Å². The molecule has 0 aromatic heterocycles. The van der Waals surface area contributed by atoms with Crippen LogP contribution in [-0.2, 0) is 16.0 Å². The van der Waals surface area contributed by atoms with Crippen molar-refractivity contribution in [2.75, 3.05) is 13.1 Å². The van der Waals surface area contributed by atoms with Crippen LogP contribution in [0.2, 0.25) is 0 Å². The van der Waals surface area contributed by atoms with Crippen LogP contribution in [-0.4, -0.2) is 58.9 Å². The number of hydrogen-bond acceptors (Lipinski definition) is 4. The third-order valence-electron chi connectivity index (χ3n) is 6.90.